The van der Waals surface area contributed by atoms with Crippen LogP contribution >= 0.6 is 11.3 Å². The Hall–Kier alpha value is -1.99. The van der Waals surface area contributed by atoms with E-state index in [9.17, 15) is 14.3 Å². The number of carbonyl (C=O) groups is 1. The van der Waals surface area contributed by atoms with Crippen LogP contribution in [0, 0.1) is 5.82 Å². The second-order valence-corrected chi connectivity index (χ2v) is 10.0. The smallest absolute Gasteiger partial charge is 0.323 e. The number of thiazole rings is 1. The van der Waals surface area contributed by atoms with Crippen LogP contribution in [0.4, 0.5) is 14.3 Å². The van der Waals surface area contributed by atoms with E-state index in [1.165, 1.54) is 10.9 Å². The molecule has 0 saturated carbocycles. The number of piperidine rings is 1. The lowest BCUT2D eigenvalue weighted by molar-refractivity contribution is -0.0111. The predicted molar refractivity (Wildman–Crippen MR) is 113 cm³/mol. The topological polar surface area (TPSA) is 65.5 Å². The zero-order valence-electron chi connectivity index (χ0n) is 17.0. The minimum absolute atomic E-state index is 0.0569. The number of benzene rings is 1. The second-order valence-electron chi connectivity index (χ2n) is 8.94. The molecule has 1 aliphatic heterocycles. The van der Waals surface area contributed by atoms with Gasteiger partial charge in [0.05, 0.1) is 11.3 Å². The standard InChI is InChI=1S/C22H28FN3O2S/c1-21(2)9-5-8-17-18(21)24-19(29-17)25-20(27)26-12-10-22(28,11-13-26)14-15-6-3-4-7-16(15)23/h3-4,6-7,28H,5,8-14H2,1-2H3,(H,24,25,27). The van der Waals surface area contributed by atoms with Crippen molar-refractivity contribution in [3.8, 4) is 0 Å². The van der Waals surface area contributed by atoms with Crippen molar-refractivity contribution in [3.05, 3.63) is 46.2 Å². The van der Waals surface area contributed by atoms with Gasteiger partial charge in [0.25, 0.3) is 0 Å². The Balaban J connectivity index is 1.36. The largest absolute Gasteiger partial charge is 0.389 e. The number of aliphatic hydroxyl groups is 1. The van der Waals surface area contributed by atoms with Crippen LogP contribution in [0.1, 0.15) is 55.7 Å². The number of fused-ring (bicyclic) bond motifs is 1. The van der Waals surface area contributed by atoms with Crippen molar-refractivity contribution >= 4 is 22.5 Å². The van der Waals surface area contributed by atoms with Crippen molar-refractivity contribution in [1.29, 1.82) is 0 Å². The van der Waals surface area contributed by atoms with Gasteiger partial charge >= 0.3 is 6.03 Å². The third kappa shape index (κ3) is 4.31. The molecular weight excluding hydrogens is 389 g/mol. The Morgan fingerprint density at radius 3 is 2.69 bits per heavy atom. The number of halogens is 1. The SMILES string of the molecule is CC1(C)CCCc2sc(NC(=O)N3CCC(O)(Cc4ccccc4F)CC3)nc21. The average Bonchev–Trinajstić information content (AvgIpc) is 3.08. The first kappa shape index (κ1) is 20.3. The summed E-state index contributed by atoms with van der Waals surface area (Å²) in [5.74, 6) is -0.295. The number of hydrogen-bond acceptors (Lipinski definition) is 4. The predicted octanol–water partition coefficient (Wildman–Crippen LogP) is 4.50. The van der Waals surface area contributed by atoms with Crippen molar-refractivity contribution in [2.45, 2.75) is 63.4 Å². The summed E-state index contributed by atoms with van der Waals surface area (Å²) in [7, 11) is 0. The van der Waals surface area contributed by atoms with Gasteiger partial charge in [0.1, 0.15) is 5.82 Å². The lowest BCUT2D eigenvalue weighted by Crippen LogP contribution is -2.49. The number of carbonyl (C=O) groups excluding carboxylic acids is 1. The highest BCUT2D eigenvalue weighted by atomic mass is 32.1. The maximum absolute atomic E-state index is 13.9. The summed E-state index contributed by atoms with van der Waals surface area (Å²) in [5.41, 5.74) is 0.704. The molecule has 0 atom stereocenters. The first-order valence-corrected chi connectivity index (χ1v) is 11.1. The molecule has 5 nitrogen and oxygen atoms in total. The highest BCUT2D eigenvalue weighted by Gasteiger charge is 2.35. The fraction of sp³-hybridized carbons (Fsp3) is 0.545. The molecule has 2 heterocycles. The fourth-order valence-electron chi connectivity index (χ4n) is 4.38. The Labute approximate surface area is 175 Å². The van der Waals surface area contributed by atoms with E-state index in [1.807, 2.05) is 0 Å². The Morgan fingerprint density at radius 1 is 1.28 bits per heavy atom. The van der Waals surface area contributed by atoms with Gasteiger partial charge < -0.3 is 10.0 Å². The van der Waals surface area contributed by atoms with E-state index in [-0.39, 0.29) is 23.7 Å². The zero-order valence-corrected chi connectivity index (χ0v) is 17.8. The number of anilines is 1. The summed E-state index contributed by atoms with van der Waals surface area (Å²) in [6.45, 7) is 5.29. The van der Waals surface area contributed by atoms with Crippen molar-refractivity contribution in [2.24, 2.45) is 0 Å². The van der Waals surface area contributed by atoms with Crippen LogP contribution in [-0.2, 0) is 18.3 Å². The van der Waals surface area contributed by atoms with Crippen LogP contribution in [-0.4, -0.2) is 39.7 Å². The van der Waals surface area contributed by atoms with Gasteiger partial charge in [0.15, 0.2) is 5.13 Å². The van der Waals surface area contributed by atoms with Crippen molar-refractivity contribution < 1.29 is 14.3 Å². The van der Waals surface area contributed by atoms with Gasteiger partial charge in [-0.15, -0.1) is 11.3 Å². The van der Waals surface area contributed by atoms with Gasteiger partial charge in [-0.3, -0.25) is 5.32 Å². The molecule has 4 rings (SSSR count). The minimum atomic E-state index is -0.983. The van der Waals surface area contributed by atoms with Crippen LogP contribution in [0.25, 0.3) is 0 Å². The molecule has 1 aromatic carbocycles. The van der Waals surface area contributed by atoms with Crippen LogP contribution in [0.2, 0.25) is 0 Å². The summed E-state index contributed by atoms with van der Waals surface area (Å²) in [5, 5.41) is 14.5. The molecule has 2 amide bonds. The van der Waals surface area contributed by atoms with Gasteiger partial charge in [-0.2, -0.15) is 0 Å². The van der Waals surface area contributed by atoms with Gasteiger partial charge in [0.2, 0.25) is 0 Å². The number of aromatic nitrogens is 1. The molecule has 2 aromatic rings. The molecular formula is C22H28FN3O2S. The summed E-state index contributed by atoms with van der Waals surface area (Å²) >= 11 is 1.57. The number of rotatable bonds is 3. The minimum Gasteiger partial charge on any atom is -0.389 e. The van der Waals surface area contributed by atoms with Crippen LogP contribution in [0.15, 0.2) is 24.3 Å². The van der Waals surface area contributed by atoms with Crippen LogP contribution < -0.4 is 5.32 Å². The molecule has 0 spiro atoms. The van der Waals surface area contributed by atoms with Crippen molar-refractivity contribution in [1.82, 2.24) is 9.88 Å². The monoisotopic (exact) mass is 417 g/mol. The summed E-state index contributed by atoms with van der Waals surface area (Å²) < 4.78 is 13.9. The molecule has 156 valence electrons. The first-order chi connectivity index (χ1) is 13.8. The molecule has 1 saturated heterocycles. The van der Waals surface area contributed by atoms with Gasteiger partial charge in [-0.25, -0.2) is 14.2 Å². The number of nitrogens with one attached hydrogen (secondary N) is 1. The lowest BCUT2D eigenvalue weighted by atomic mass is 9.79. The average molecular weight is 418 g/mol. The maximum Gasteiger partial charge on any atom is 0.323 e. The number of urea groups is 1. The van der Waals surface area contributed by atoms with Crippen LogP contribution in [0.5, 0.6) is 0 Å². The summed E-state index contributed by atoms with van der Waals surface area (Å²) in [4.78, 5) is 20.4. The Kier molecular flexibility index (Phi) is 5.38. The fourth-order valence-corrected chi connectivity index (χ4v) is 5.56. The maximum atomic E-state index is 13.9. The zero-order chi connectivity index (χ0) is 20.6. The molecule has 29 heavy (non-hydrogen) atoms. The van der Waals surface area contributed by atoms with E-state index in [0.29, 0.717) is 36.6 Å². The lowest BCUT2D eigenvalue weighted by Gasteiger charge is -2.38. The summed E-state index contributed by atoms with van der Waals surface area (Å²) in [6.07, 6.45) is 4.42. The third-order valence-corrected chi connectivity index (χ3v) is 7.25. The number of nitrogens with zero attached hydrogens (tertiary/aromatic N) is 2. The van der Waals surface area contributed by atoms with E-state index in [1.54, 1.807) is 34.4 Å². The Morgan fingerprint density at radius 2 is 2.00 bits per heavy atom. The van der Waals surface area contributed by atoms with Crippen molar-refractivity contribution in [2.75, 3.05) is 18.4 Å². The van der Waals surface area contributed by atoms with E-state index in [2.05, 4.69) is 19.2 Å². The quantitative estimate of drug-likeness (QED) is 0.773. The molecule has 7 heteroatoms. The molecule has 0 bridgehead atoms. The van der Waals surface area contributed by atoms with E-state index in [4.69, 9.17) is 4.98 Å². The highest BCUT2D eigenvalue weighted by molar-refractivity contribution is 7.15. The van der Waals surface area contributed by atoms with Crippen LogP contribution in [0.3, 0.4) is 0 Å². The molecule has 0 radical (unpaired) electrons. The first-order valence-electron chi connectivity index (χ1n) is 10.3. The van der Waals surface area contributed by atoms with Gasteiger partial charge in [-0.1, -0.05) is 32.0 Å². The summed E-state index contributed by atoms with van der Waals surface area (Å²) in [6, 6.07) is 6.36. The molecule has 2 aliphatic rings. The van der Waals surface area contributed by atoms with Crippen molar-refractivity contribution in [3.63, 3.8) is 0 Å². The van der Waals surface area contributed by atoms with E-state index >= 15 is 0 Å². The molecule has 2 N–H and O–H groups in total. The second kappa shape index (κ2) is 7.69. The normalized spacial score (nSPS) is 20.2. The van der Waals surface area contributed by atoms with Gasteiger partial charge in [0, 0.05) is 29.8 Å². The van der Waals surface area contributed by atoms with E-state index in [0.717, 1.165) is 25.0 Å². The molecule has 0 unspecified atom stereocenters. The third-order valence-electron chi connectivity index (χ3n) is 6.22. The number of likely N-dealkylation sites (tertiary alicyclic amines) is 1. The molecule has 1 aromatic heterocycles. The number of hydrogen-bond donors (Lipinski definition) is 2. The van der Waals surface area contributed by atoms with E-state index < -0.39 is 5.60 Å². The van der Waals surface area contributed by atoms with Gasteiger partial charge in [-0.05, 0) is 43.7 Å². The number of amides is 2. The highest BCUT2D eigenvalue weighted by Crippen LogP contribution is 2.40. The number of aryl methyl sites for hydroxylation is 1. The Bertz CT molecular complexity index is 903. The molecule has 1 aliphatic carbocycles. The molecule has 1 fully saturated rings.